The largest absolute Gasteiger partial charge is 0.342 e. The first-order valence-electron chi connectivity index (χ1n) is 7.97. The third kappa shape index (κ3) is 2.77. The van der Waals surface area contributed by atoms with Gasteiger partial charge < -0.3 is 10.2 Å². The van der Waals surface area contributed by atoms with Crippen molar-refractivity contribution in [3.63, 3.8) is 0 Å². The molecule has 3 aliphatic heterocycles. The van der Waals surface area contributed by atoms with Crippen LogP contribution in [0.1, 0.15) is 37.2 Å². The van der Waals surface area contributed by atoms with E-state index < -0.39 is 0 Å². The lowest BCUT2D eigenvalue weighted by atomic mass is 9.95. The molecule has 1 aromatic rings. The molecule has 4 rings (SSSR count). The van der Waals surface area contributed by atoms with Crippen LogP contribution in [0.15, 0.2) is 29.2 Å². The summed E-state index contributed by atoms with van der Waals surface area (Å²) in [7, 11) is 2.02. The monoisotopic (exact) mass is 338 g/mol. The topological polar surface area (TPSA) is 32.3 Å². The molecule has 0 saturated carbocycles. The number of hydrogen-bond acceptors (Lipinski definition) is 3. The van der Waals surface area contributed by atoms with E-state index in [9.17, 15) is 4.79 Å². The molecule has 1 amide bonds. The molecule has 2 saturated heterocycles. The Bertz CT molecular complexity index is 555. The number of likely N-dealkylation sites (N-methyl/N-ethyl adjacent to an activating group) is 1. The van der Waals surface area contributed by atoms with Crippen LogP contribution in [-0.2, 0) is 4.79 Å². The van der Waals surface area contributed by atoms with Gasteiger partial charge in [-0.25, -0.2) is 0 Å². The molecule has 120 valence electrons. The fourth-order valence-electron chi connectivity index (χ4n) is 4.14. The van der Waals surface area contributed by atoms with Crippen LogP contribution in [0.2, 0.25) is 0 Å². The summed E-state index contributed by atoms with van der Waals surface area (Å²) in [5.74, 6) is 1.28. The van der Waals surface area contributed by atoms with Crippen molar-refractivity contribution in [3.8, 4) is 0 Å². The van der Waals surface area contributed by atoms with Gasteiger partial charge in [-0.2, -0.15) is 0 Å². The van der Waals surface area contributed by atoms with Crippen molar-refractivity contribution < 1.29 is 4.79 Å². The number of benzene rings is 1. The number of carbonyl (C=O) groups is 1. The normalized spacial score (nSPS) is 32.2. The predicted molar refractivity (Wildman–Crippen MR) is 92.9 cm³/mol. The van der Waals surface area contributed by atoms with Crippen molar-refractivity contribution >= 4 is 30.1 Å². The van der Waals surface area contributed by atoms with Gasteiger partial charge in [-0.1, -0.05) is 18.2 Å². The molecule has 0 radical (unpaired) electrons. The van der Waals surface area contributed by atoms with E-state index in [1.807, 2.05) is 18.8 Å². The standard InChI is InChI=1S/C17H22N2OS.ClH/c1-19(13-8-11-6-7-12(9-13)18-11)17(20)15-10-21-16-5-3-2-4-14(15)16;/h2-5,11-13,15,18H,6-10H2,1H3;1H. The fourth-order valence-corrected chi connectivity index (χ4v) is 5.36. The lowest BCUT2D eigenvalue weighted by Crippen LogP contribution is -2.49. The van der Waals surface area contributed by atoms with Gasteiger partial charge in [0.05, 0.1) is 5.92 Å². The van der Waals surface area contributed by atoms with Crippen LogP contribution in [0.25, 0.3) is 0 Å². The summed E-state index contributed by atoms with van der Waals surface area (Å²) in [5.41, 5.74) is 1.23. The average molecular weight is 339 g/mol. The van der Waals surface area contributed by atoms with Crippen LogP contribution < -0.4 is 5.32 Å². The zero-order valence-corrected chi connectivity index (χ0v) is 14.5. The number of hydrogen-bond donors (Lipinski definition) is 1. The number of piperidine rings is 1. The van der Waals surface area contributed by atoms with Gasteiger partial charge in [0.25, 0.3) is 0 Å². The number of thioether (sulfide) groups is 1. The molecule has 3 heterocycles. The number of nitrogens with zero attached hydrogens (tertiary/aromatic N) is 1. The van der Waals surface area contributed by atoms with Crippen LogP contribution in [0, 0.1) is 0 Å². The first-order valence-corrected chi connectivity index (χ1v) is 8.95. The van der Waals surface area contributed by atoms with Gasteiger partial charge in [-0.15, -0.1) is 24.2 Å². The van der Waals surface area contributed by atoms with Crippen molar-refractivity contribution in [2.45, 2.75) is 54.6 Å². The summed E-state index contributed by atoms with van der Waals surface area (Å²) in [6, 6.07) is 10.1. The minimum atomic E-state index is 0. The Labute approximate surface area is 142 Å². The summed E-state index contributed by atoms with van der Waals surface area (Å²) in [6.45, 7) is 0. The Balaban J connectivity index is 0.00000144. The summed E-state index contributed by atoms with van der Waals surface area (Å²) in [5, 5.41) is 3.66. The number of rotatable bonds is 2. The van der Waals surface area contributed by atoms with Gasteiger partial charge in [-0.3, -0.25) is 4.79 Å². The summed E-state index contributed by atoms with van der Waals surface area (Å²) >= 11 is 1.82. The third-order valence-electron chi connectivity index (χ3n) is 5.34. The van der Waals surface area contributed by atoms with Gasteiger partial charge >= 0.3 is 0 Å². The second kappa shape index (κ2) is 6.42. The molecule has 0 aliphatic carbocycles. The quantitative estimate of drug-likeness (QED) is 0.899. The van der Waals surface area contributed by atoms with Crippen LogP contribution in [-0.4, -0.2) is 41.7 Å². The van der Waals surface area contributed by atoms with E-state index in [4.69, 9.17) is 0 Å². The Morgan fingerprint density at radius 3 is 2.64 bits per heavy atom. The molecule has 0 aromatic heterocycles. The van der Waals surface area contributed by atoms with Crippen molar-refractivity contribution in [1.29, 1.82) is 0 Å². The summed E-state index contributed by atoms with van der Waals surface area (Å²) < 4.78 is 0. The Morgan fingerprint density at radius 2 is 1.91 bits per heavy atom. The molecule has 1 N–H and O–H groups in total. The van der Waals surface area contributed by atoms with Gasteiger partial charge in [0.1, 0.15) is 0 Å². The molecule has 3 unspecified atom stereocenters. The molecule has 3 nitrogen and oxygen atoms in total. The third-order valence-corrected chi connectivity index (χ3v) is 6.52. The van der Waals surface area contributed by atoms with E-state index >= 15 is 0 Å². The molecule has 2 bridgehead atoms. The first-order chi connectivity index (χ1) is 10.2. The fraction of sp³-hybridized carbons (Fsp3) is 0.588. The van der Waals surface area contributed by atoms with Crippen LogP contribution >= 0.6 is 24.2 Å². The van der Waals surface area contributed by atoms with E-state index in [1.54, 1.807) is 0 Å². The van der Waals surface area contributed by atoms with E-state index in [0.29, 0.717) is 24.0 Å². The molecule has 3 aliphatic rings. The number of amides is 1. The van der Waals surface area contributed by atoms with Crippen molar-refractivity contribution in [3.05, 3.63) is 29.8 Å². The molecule has 3 atom stereocenters. The average Bonchev–Trinajstić information content (AvgIpc) is 3.09. The Morgan fingerprint density at radius 1 is 1.23 bits per heavy atom. The van der Waals surface area contributed by atoms with Gasteiger partial charge in [0, 0.05) is 35.8 Å². The van der Waals surface area contributed by atoms with E-state index in [0.717, 1.165) is 18.6 Å². The van der Waals surface area contributed by atoms with E-state index in [-0.39, 0.29) is 18.3 Å². The number of fused-ring (bicyclic) bond motifs is 3. The van der Waals surface area contributed by atoms with Gasteiger partial charge in [-0.05, 0) is 37.3 Å². The molecule has 0 spiro atoms. The number of nitrogens with one attached hydrogen (secondary N) is 1. The Hall–Kier alpha value is -0.710. The lowest BCUT2D eigenvalue weighted by Gasteiger charge is -2.36. The maximum atomic E-state index is 12.9. The minimum absolute atomic E-state index is 0. The summed E-state index contributed by atoms with van der Waals surface area (Å²) in [4.78, 5) is 16.3. The van der Waals surface area contributed by atoms with Gasteiger partial charge in [0.2, 0.25) is 5.91 Å². The van der Waals surface area contributed by atoms with Crippen LogP contribution in [0.4, 0.5) is 0 Å². The van der Waals surface area contributed by atoms with Gasteiger partial charge in [0.15, 0.2) is 0 Å². The van der Waals surface area contributed by atoms with Crippen molar-refractivity contribution in [2.24, 2.45) is 0 Å². The van der Waals surface area contributed by atoms with Crippen LogP contribution in [0.5, 0.6) is 0 Å². The highest BCUT2D eigenvalue weighted by molar-refractivity contribution is 7.99. The van der Waals surface area contributed by atoms with E-state index in [1.165, 1.54) is 23.3 Å². The SMILES string of the molecule is CN(C(=O)C1CSc2ccccc21)C1CC2CCC(C1)N2.Cl. The molecule has 2 fully saturated rings. The number of halogens is 1. The predicted octanol–water partition coefficient (Wildman–Crippen LogP) is 3.04. The Kier molecular flexibility index (Phi) is 4.72. The molecule has 1 aromatic carbocycles. The van der Waals surface area contributed by atoms with Crippen molar-refractivity contribution in [1.82, 2.24) is 10.2 Å². The lowest BCUT2D eigenvalue weighted by molar-refractivity contribution is -0.133. The van der Waals surface area contributed by atoms with Crippen LogP contribution in [0.3, 0.4) is 0 Å². The van der Waals surface area contributed by atoms with Crippen molar-refractivity contribution in [2.75, 3.05) is 12.8 Å². The highest BCUT2D eigenvalue weighted by atomic mass is 35.5. The molecular formula is C17H23ClN2OS. The molecular weight excluding hydrogens is 316 g/mol. The first kappa shape index (κ1) is 16.2. The smallest absolute Gasteiger partial charge is 0.231 e. The number of carbonyl (C=O) groups excluding carboxylic acids is 1. The second-order valence-corrected chi connectivity index (χ2v) is 7.68. The highest BCUT2D eigenvalue weighted by Crippen LogP contribution is 2.41. The molecule has 5 heteroatoms. The maximum Gasteiger partial charge on any atom is 0.231 e. The molecule has 22 heavy (non-hydrogen) atoms. The van der Waals surface area contributed by atoms with E-state index in [2.05, 4.69) is 34.5 Å². The maximum absolute atomic E-state index is 12.9. The zero-order valence-electron chi connectivity index (χ0n) is 12.8. The second-order valence-electron chi connectivity index (χ2n) is 6.61. The summed E-state index contributed by atoms with van der Waals surface area (Å²) in [6.07, 6.45) is 4.82. The zero-order chi connectivity index (χ0) is 14.4. The minimum Gasteiger partial charge on any atom is -0.342 e. The highest BCUT2D eigenvalue weighted by Gasteiger charge is 2.39.